The molecule has 0 fully saturated rings. The van der Waals surface area contributed by atoms with Gasteiger partial charge in [0.25, 0.3) is 0 Å². The normalized spacial score (nSPS) is 10.9. The van der Waals surface area contributed by atoms with Crippen LogP contribution in [0.5, 0.6) is 0 Å². The molecular weight excluding hydrogens is 230 g/mol. The van der Waals surface area contributed by atoms with Crippen molar-refractivity contribution in [3.8, 4) is 11.3 Å². The summed E-state index contributed by atoms with van der Waals surface area (Å²) in [4.78, 5) is 4.33. The predicted molar refractivity (Wildman–Crippen MR) is 70.2 cm³/mol. The summed E-state index contributed by atoms with van der Waals surface area (Å²) in [6, 6.07) is 12.3. The van der Waals surface area contributed by atoms with Gasteiger partial charge in [-0.1, -0.05) is 30.3 Å². The van der Waals surface area contributed by atoms with E-state index >= 15 is 0 Å². The van der Waals surface area contributed by atoms with Gasteiger partial charge >= 0.3 is 0 Å². The molecule has 3 aromatic rings. The van der Waals surface area contributed by atoms with Crippen LogP contribution < -0.4 is 0 Å². The smallest absolute Gasteiger partial charge is 0.122 e. The summed E-state index contributed by atoms with van der Waals surface area (Å²) in [5.74, 6) is 0. The molecule has 4 heteroatoms. The number of rotatable bonds is 2. The summed E-state index contributed by atoms with van der Waals surface area (Å²) < 4.78 is 1.88. The molecular formula is C13H11N3S. The van der Waals surface area contributed by atoms with E-state index in [-0.39, 0.29) is 0 Å². The fourth-order valence-corrected chi connectivity index (χ4v) is 2.33. The molecule has 17 heavy (non-hydrogen) atoms. The van der Waals surface area contributed by atoms with Crippen LogP contribution in [0.25, 0.3) is 16.8 Å². The zero-order chi connectivity index (χ0) is 11.7. The number of hydrogen-bond donors (Lipinski definition) is 0. The summed E-state index contributed by atoms with van der Waals surface area (Å²) in [5.41, 5.74) is 3.16. The van der Waals surface area contributed by atoms with E-state index in [1.165, 1.54) is 0 Å². The van der Waals surface area contributed by atoms with Crippen LogP contribution in [0.2, 0.25) is 0 Å². The number of fused-ring (bicyclic) bond motifs is 1. The number of aromatic nitrogens is 3. The van der Waals surface area contributed by atoms with E-state index in [1.807, 2.05) is 35.2 Å². The standard InChI is InChI=1S/C13H11N3S/c1-17-13-12-9-11(10-5-3-2-4-6-10)15-16(12)8-7-14-13/h2-9H,1H3. The zero-order valence-corrected chi connectivity index (χ0v) is 10.2. The summed E-state index contributed by atoms with van der Waals surface area (Å²) >= 11 is 1.63. The molecule has 0 bridgehead atoms. The molecule has 2 aromatic heterocycles. The van der Waals surface area contributed by atoms with Gasteiger partial charge in [0.1, 0.15) is 5.03 Å². The summed E-state index contributed by atoms with van der Waals surface area (Å²) in [6.07, 6.45) is 5.68. The molecule has 0 radical (unpaired) electrons. The van der Waals surface area contributed by atoms with Crippen molar-refractivity contribution in [1.82, 2.24) is 14.6 Å². The van der Waals surface area contributed by atoms with E-state index in [9.17, 15) is 0 Å². The van der Waals surface area contributed by atoms with Crippen LogP contribution in [-0.2, 0) is 0 Å². The molecule has 0 atom stereocenters. The molecule has 0 N–H and O–H groups in total. The van der Waals surface area contributed by atoms with Crippen molar-refractivity contribution in [3.05, 3.63) is 48.8 Å². The minimum Gasteiger partial charge on any atom is -0.246 e. The first kappa shape index (κ1) is 10.4. The molecule has 0 aliphatic heterocycles. The molecule has 0 aliphatic carbocycles. The van der Waals surface area contributed by atoms with E-state index in [2.05, 4.69) is 28.3 Å². The van der Waals surface area contributed by atoms with Gasteiger partial charge in [-0.05, 0) is 12.3 Å². The minimum absolute atomic E-state index is 0.980. The van der Waals surface area contributed by atoms with Crippen LogP contribution in [0.1, 0.15) is 0 Å². The lowest BCUT2D eigenvalue weighted by molar-refractivity contribution is 0.921. The molecule has 3 nitrogen and oxygen atoms in total. The molecule has 0 unspecified atom stereocenters. The van der Waals surface area contributed by atoms with Crippen molar-refractivity contribution in [3.63, 3.8) is 0 Å². The summed E-state index contributed by atoms with van der Waals surface area (Å²) in [6.45, 7) is 0. The Hall–Kier alpha value is -1.81. The molecule has 0 saturated carbocycles. The van der Waals surface area contributed by atoms with Gasteiger partial charge in [0.05, 0.1) is 11.2 Å². The minimum atomic E-state index is 0.980. The van der Waals surface area contributed by atoms with Crippen molar-refractivity contribution in [1.29, 1.82) is 0 Å². The lowest BCUT2D eigenvalue weighted by Crippen LogP contribution is -1.89. The molecule has 1 aromatic carbocycles. The van der Waals surface area contributed by atoms with E-state index < -0.39 is 0 Å². The zero-order valence-electron chi connectivity index (χ0n) is 9.37. The van der Waals surface area contributed by atoms with E-state index in [0.29, 0.717) is 0 Å². The SMILES string of the molecule is CSc1nccn2nc(-c3ccccc3)cc12. The Balaban J connectivity index is 2.20. The monoisotopic (exact) mass is 241 g/mol. The van der Waals surface area contributed by atoms with Crippen molar-refractivity contribution in [2.24, 2.45) is 0 Å². The van der Waals surface area contributed by atoms with Crippen molar-refractivity contribution < 1.29 is 0 Å². The highest BCUT2D eigenvalue weighted by molar-refractivity contribution is 7.98. The second kappa shape index (κ2) is 4.22. The first-order valence-electron chi connectivity index (χ1n) is 5.32. The predicted octanol–water partition coefficient (Wildman–Crippen LogP) is 3.12. The van der Waals surface area contributed by atoms with Crippen molar-refractivity contribution in [2.45, 2.75) is 5.03 Å². The first-order chi connectivity index (χ1) is 8.38. The number of hydrogen-bond acceptors (Lipinski definition) is 3. The van der Waals surface area contributed by atoms with Gasteiger partial charge in [-0.25, -0.2) is 9.50 Å². The highest BCUT2D eigenvalue weighted by atomic mass is 32.2. The van der Waals surface area contributed by atoms with Gasteiger partial charge in [-0.15, -0.1) is 11.8 Å². The van der Waals surface area contributed by atoms with Crippen LogP contribution in [0.3, 0.4) is 0 Å². The van der Waals surface area contributed by atoms with Crippen molar-refractivity contribution >= 4 is 17.3 Å². The maximum atomic E-state index is 4.55. The van der Waals surface area contributed by atoms with Crippen LogP contribution in [0.15, 0.2) is 53.8 Å². The molecule has 84 valence electrons. The third-order valence-corrected chi connectivity index (χ3v) is 3.32. The van der Waals surface area contributed by atoms with E-state index in [4.69, 9.17) is 0 Å². The summed E-state index contributed by atoms with van der Waals surface area (Å²) in [5, 5.41) is 5.56. The Kier molecular flexibility index (Phi) is 2.57. The molecule has 0 saturated heterocycles. The van der Waals surface area contributed by atoms with Gasteiger partial charge in [-0.2, -0.15) is 5.10 Å². The lowest BCUT2D eigenvalue weighted by atomic mass is 10.1. The first-order valence-corrected chi connectivity index (χ1v) is 6.55. The maximum absolute atomic E-state index is 4.55. The molecule has 0 aliphatic rings. The van der Waals surface area contributed by atoms with E-state index in [1.54, 1.807) is 18.0 Å². The summed E-state index contributed by atoms with van der Waals surface area (Å²) in [7, 11) is 0. The molecule has 0 amide bonds. The average Bonchev–Trinajstić information content (AvgIpc) is 2.83. The highest BCUT2D eigenvalue weighted by Crippen LogP contribution is 2.24. The van der Waals surface area contributed by atoms with Crippen LogP contribution in [-0.4, -0.2) is 20.9 Å². The quantitative estimate of drug-likeness (QED) is 0.646. The fourth-order valence-electron chi connectivity index (χ4n) is 1.81. The Morgan fingerprint density at radius 2 is 2.00 bits per heavy atom. The number of thioether (sulfide) groups is 1. The van der Waals surface area contributed by atoms with Gasteiger partial charge in [0.2, 0.25) is 0 Å². The lowest BCUT2D eigenvalue weighted by Gasteiger charge is -1.96. The van der Waals surface area contributed by atoms with E-state index in [0.717, 1.165) is 21.8 Å². The molecule has 0 spiro atoms. The van der Waals surface area contributed by atoms with Gasteiger partial charge in [0.15, 0.2) is 0 Å². The molecule has 2 heterocycles. The Labute approximate surface area is 104 Å². The van der Waals surface area contributed by atoms with Gasteiger partial charge in [0, 0.05) is 18.0 Å². The Morgan fingerprint density at radius 1 is 1.18 bits per heavy atom. The Morgan fingerprint density at radius 3 is 2.76 bits per heavy atom. The Bertz CT molecular complexity index is 646. The third kappa shape index (κ3) is 1.80. The number of benzene rings is 1. The maximum Gasteiger partial charge on any atom is 0.122 e. The van der Waals surface area contributed by atoms with Gasteiger partial charge in [-0.3, -0.25) is 0 Å². The fraction of sp³-hybridized carbons (Fsp3) is 0.0769. The highest BCUT2D eigenvalue weighted by Gasteiger charge is 2.07. The number of nitrogens with zero attached hydrogens (tertiary/aromatic N) is 3. The van der Waals surface area contributed by atoms with Crippen LogP contribution in [0, 0.1) is 0 Å². The third-order valence-electron chi connectivity index (χ3n) is 2.62. The van der Waals surface area contributed by atoms with Crippen LogP contribution >= 0.6 is 11.8 Å². The van der Waals surface area contributed by atoms with Gasteiger partial charge < -0.3 is 0 Å². The van der Waals surface area contributed by atoms with Crippen molar-refractivity contribution in [2.75, 3.05) is 6.26 Å². The largest absolute Gasteiger partial charge is 0.246 e. The topological polar surface area (TPSA) is 30.2 Å². The molecule has 3 rings (SSSR count). The second-order valence-electron chi connectivity index (χ2n) is 3.66. The van der Waals surface area contributed by atoms with Crippen LogP contribution in [0.4, 0.5) is 0 Å². The average molecular weight is 241 g/mol. The second-order valence-corrected chi connectivity index (χ2v) is 4.46.